The first-order valence-corrected chi connectivity index (χ1v) is 13.6. The number of nitrogens with two attached hydrogens (primary N) is 1. The van der Waals surface area contributed by atoms with Crippen LogP contribution in [0.4, 0.5) is 16.2 Å². The van der Waals surface area contributed by atoms with Gasteiger partial charge in [0.15, 0.2) is 28.9 Å². The van der Waals surface area contributed by atoms with Crippen LogP contribution in [0.5, 0.6) is 5.75 Å². The highest BCUT2D eigenvalue weighted by Gasteiger charge is 2.56. The molecule has 1 saturated heterocycles. The van der Waals surface area contributed by atoms with E-state index in [0.29, 0.717) is 11.3 Å². The lowest BCUT2D eigenvalue weighted by atomic mass is 9.98. The number of aliphatic hydroxyl groups is 1. The summed E-state index contributed by atoms with van der Waals surface area (Å²) in [5, 5.41) is 16.1. The minimum atomic E-state index is -4.22. The zero-order chi connectivity index (χ0) is 28.4. The van der Waals surface area contributed by atoms with Crippen molar-refractivity contribution in [2.75, 3.05) is 31.2 Å². The van der Waals surface area contributed by atoms with Gasteiger partial charge < -0.3 is 30.2 Å². The van der Waals surface area contributed by atoms with E-state index in [4.69, 9.17) is 24.3 Å². The molecule has 0 unspecified atom stereocenters. The van der Waals surface area contributed by atoms with E-state index in [0.717, 1.165) is 6.92 Å². The molecule has 0 spiro atoms. The van der Waals surface area contributed by atoms with Gasteiger partial charge in [-0.25, -0.2) is 19.0 Å². The summed E-state index contributed by atoms with van der Waals surface area (Å²) in [7, 11) is -2.60. The van der Waals surface area contributed by atoms with Crippen LogP contribution in [0.1, 0.15) is 27.0 Å². The monoisotopic (exact) mass is 567 g/mol. The molecule has 1 aliphatic heterocycles. The van der Waals surface area contributed by atoms with Crippen molar-refractivity contribution in [2.24, 2.45) is 0 Å². The van der Waals surface area contributed by atoms with Gasteiger partial charge in [-0.1, -0.05) is 18.2 Å². The summed E-state index contributed by atoms with van der Waals surface area (Å²) in [6.45, 7) is 3.44. The van der Waals surface area contributed by atoms with Crippen LogP contribution in [0.25, 0.3) is 11.2 Å². The average molecular weight is 568 g/mol. The number of anilines is 2. The van der Waals surface area contributed by atoms with Crippen molar-refractivity contribution in [3.8, 4) is 5.75 Å². The molecule has 3 aromatic rings. The third kappa shape index (κ3) is 6.28. The number of hydrogen-bond acceptors (Lipinski definition) is 12. The molecule has 4 rings (SSSR count). The second-order valence-electron chi connectivity index (χ2n) is 9.20. The predicted octanol–water partition coefficient (Wildman–Crippen LogP) is 2.18. The highest BCUT2D eigenvalue weighted by molar-refractivity contribution is 7.52. The summed E-state index contributed by atoms with van der Waals surface area (Å²) in [6, 6.07) is 8.12. The van der Waals surface area contributed by atoms with Crippen molar-refractivity contribution >= 4 is 36.6 Å². The van der Waals surface area contributed by atoms with Crippen LogP contribution in [0.15, 0.2) is 36.7 Å². The van der Waals surface area contributed by atoms with Crippen molar-refractivity contribution in [3.05, 3.63) is 36.7 Å². The van der Waals surface area contributed by atoms with Gasteiger partial charge >= 0.3 is 13.7 Å². The van der Waals surface area contributed by atoms with Gasteiger partial charge in [-0.05, 0) is 32.9 Å². The summed E-state index contributed by atoms with van der Waals surface area (Å²) >= 11 is 0. The largest absolute Gasteiger partial charge is 0.462 e. The van der Waals surface area contributed by atoms with E-state index in [-0.39, 0.29) is 23.4 Å². The number of esters is 1. The molecule has 39 heavy (non-hydrogen) atoms. The van der Waals surface area contributed by atoms with Gasteiger partial charge in [0.25, 0.3) is 0 Å². The molecule has 0 saturated carbocycles. The number of rotatable bonds is 11. The molecule has 212 valence electrons. The second-order valence-corrected chi connectivity index (χ2v) is 11.0. The fourth-order valence-electron chi connectivity index (χ4n) is 3.99. The highest BCUT2D eigenvalue weighted by atomic mass is 31.2. The molecule has 0 radical (unpaired) electrons. The number of ether oxygens (including phenoxy) is 2. The van der Waals surface area contributed by atoms with Crippen molar-refractivity contribution < 1.29 is 37.4 Å². The van der Waals surface area contributed by atoms with Gasteiger partial charge in [0.1, 0.15) is 24.5 Å². The predicted molar refractivity (Wildman–Crippen MR) is 139 cm³/mol. The van der Waals surface area contributed by atoms with E-state index in [9.17, 15) is 14.5 Å². The SMILES string of the molecule is CNc1nc(N)nc2c1ncn2[C@@H]1O[C@H](CO[P@@](=O)(NCC(=O)OC(C)C)Oc2ccccc2)[C@@H](O)[C@@]1(C)F. The number of fused-ring (bicyclic) bond motifs is 1. The topological polar surface area (TPSA) is 185 Å². The molecule has 0 bridgehead atoms. The van der Waals surface area contributed by atoms with Crippen molar-refractivity contribution in [2.45, 2.75) is 51.0 Å². The van der Waals surface area contributed by atoms with Gasteiger partial charge in [-0.15, -0.1) is 0 Å². The molecule has 0 amide bonds. The quantitative estimate of drug-likeness (QED) is 0.195. The first-order valence-electron chi connectivity index (χ1n) is 12.1. The van der Waals surface area contributed by atoms with Gasteiger partial charge in [0, 0.05) is 7.05 Å². The van der Waals surface area contributed by atoms with Crippen LogP contribution < -0.4 is 20.7 Å². The highest BCUT2D eigenvalue weighted by Crippen LogP contribution is 2.47. The molecular weight excluding hydrogens is 536 g/mol. The van der Waals surface area contributed by atoms with Crippen LogP contribution >= 0.6 is 7.75 Å². The molecule has 1 aromatic carbocycles. The third-order valence-electron chi connectivity index (χ3n) is 5.81. The maximum atomic E-state index is 15.9. The molecule has 14 nitrogen and oxygen atoms in total. The normalized spacial score (nSPS) is 24.5. The zero-order valence-electron chi connectivity index (χ0n) is 21.8. The number of aliphatic hydroxyl groups excluding tert-OH is 1. The summed E-state index contributed by atoms with van der Waals surface area (Å²) < 4.78 is 52.7. The van der Waals surface area contributed by atoms with E-state index < -0.39 is 51.0 Å². The smallest absolute Gasteiger partial charge is 0.459 e. The van der Waals surface area contributed by atoms with Gasteiger partial charge in [-0.3, -0.25) is 13.9 Å². The number of nitrogen functional groups attached to an aromatic ring is 1. The number of para-hydroxylation sites is 1. The van der Waals surface area contributed by atoms with Crippen LogP contribution in [0.3, 0.4) is 0 Å². The van der Waals surface area contributed by atoms with Crippen molar-refractivity contribution in [1.82, 2.24) is 24.6 Å². The minimum Gasteiger partial charge on any atom is -0.462 e. The number of benzene rings is 1. The van der Waals surface area contributed by atoms with Crippen molar-refractivity contribution in [3.63, 3.8) is 0 Å². The number of aromatic nitrogens is 4. The lowest BCUT2D eigenvalue weighted by molar-refractivity contribution is -0.146. The standard InChI is InChI=1S/C23H31FN7O7P/c1-13(2)36-16(32)10-28-39(34,38-14-8-6-5-7-9-14)35-11-15-18(33)23(3,24)21(37-15)31-12-27-17-19(26-4)29-22(25)30-20(17)31/h5-9,12-13,15,18,21,33H,10-11H2,1-4H3,(H,28,34)(H3,25,26,29,30)/t15-,18-,21-,23-,39+/m1/s1. The molecule has 2 aromatic heterocycles. The molecular formula is C23H31FN7O7P. The summed E-state index contributed by atoms with van der Waals surface area (Å²) in [4.78, 5) is 24.5. The first kappa shape index (κ1) is 28.6. The maximum absolute atomic E-state index is 15.9. The van der Waals surface area contributed by atoms with Crippen LogP contribution in [-0.4, -0.2) is 74.8 Å². The average Bonchev–Trinajstić information content (AvgIpc) is 3.39. The molecule has 1 aliphatic rings. The lowest BCUT2D eigenvalue weighted by Crippen LogP contribution is -2.41. The third-order valence-corrected chi connectivity index (χ3v) is 7.29. The van der Waals surface area contributed by atoms with Crippen LogP contribution in [0, 0.1) is 0 Å². The lowest BCUT2D eigenvalue weighted by Gasteiger charge is -2.24. The van der Waals surface area contributed by atoms with Crippen LogP contribution in [0.2, 0.25) is 0 Å². The fraction of sp³-hybridized carbons (Fsp3) is 0.478. The van der Waals surface area contributed by atoms with E-state index >= 15 is 4.39 Å². The summed E-state index contributed by atoms with van der Waals surface area (Å²) in [5.41, 5.74) is 3.94. The van der Waals surface area contributed by atoms with Gasteiger partial charge in [0.05, 0.1) is 19.0 Å². The van der Waals surface area contributed by atoms with E-state index in [1.165, 1.54) is 23.0 Å². The number of hydrogen-bond donors (Lipinski definition) is 4. The van der Waals surface area contributed by atoms with E-state index in [1.54, 1.807) is 39.1 Å². The number of imidazole rings is 1. The molecule has 1 fully saturated rings. The Bertz CT molecular complexity index is 1360. The maximum Gasteiger partial charge on any atom is 0.459 e. The second kappa shape index (κ2) is 11.4. The Hall–Kier alpha value is -3.36. The van der Waals surface area contributed by atoms with Crippen LogP contribution in [-0.2, 0) is 23.4 Å². The Labute approximate surface area is 223 Å². The first-order chi connectivity index (χ1) is 18.4. The van der Waals surface area contributed by atoms with Gasteiger partial charge in [0.2, 0.25) is 5.95 Å². The Balaban J connectivity index is 1.54. The van der Waals surface area contributed by atoms with E-state index in [1.807, 2.05) is 0 Å². The number of carbonyl (C=O) groups is 1. The Kier molecular flexibility index (Phi) is 8.37. The fourth-order valence-corrected chi connectivity index (χ4v) is 5.27. The minimum absolute atomic E-state index is 0.0753. The Morgan fingerprint density at radius 3 is 2.72 bits per heavy atom. The Morgan fingerprint density at radius 2 is 2.05 bits per heavy atom. The Morgan fingerprint density at radius 1 is 1.33 bits per heavy atom. The molecule has 5 N–H and O–H groups in total. The number of nitrogens with zero attached hydrogens (tertiary/aromatic N) is 4. The number of carbonyl (C=O) groups excluding carboxylic acids is 1. The van der Waals surface area contributed by atoms with Crippen molar-refractivity contribution in [1.29, 1.82) is 0 Å². The number of halogens is 1. The molecule has 16 heteroatoms. The molecule has 0 aliphatic carbocycles. The van der Waals surface area contributed by atoms with Gasteiger partial charge in [-0.2, -0.15) is 9.97 Å². The molecule has 5 atom stereocenters. The summed E-state index contributed by atoms with van der Waals surface area (Å²) in [6.07, 6.45) is -3.49. The summed E-state index contributed by atoms with van der Waals surface area (Å²) in [5.74, 6) is -0.243. The molecule has 3 heterocycles. The number of alkyl halides is 1. The number of nitrogens with one attached hydrogen (secondary N) is 2. The van der Waals surface area contributed by atoms with E-state index in [2.05, 4.69) is 25.4 Å². The zero-order valence-corrected chi connectivity index (χ0v) is 22.7.